The molecule has 0 aliphatic rings. The second kappa shape index (κ2) is 13.3. The summed E-state index contributed by atoms with van der Waals surface area (Å²) in [7, 11) is -0.224. The maximum Gasteiger partial charge on any atom is 0.192 e. The van der Waals surface area contributed by atoms with Gasteiger partial charge in [0.1, 0.15) is 5.75 Å². The van der Waals surface area contributed by atoms with Crippen molar-refractivity contribution in [2.45, 2.75) is 78.2 Å². The molecule has 0 amide bonds. The van der Waals surface area contributed by atoms with Gasteiger partial charge in [0.25, 0.3) is 0 Å². The molecule has 193 valence electrons. The SMILES string of the molecule is COc1ccc(COCc2cc(C(O)c3c[c-]c(C(C)O[Si](C)(C)C(C)(C)C)s3)ccc2C)cc1.[Y]. The zero-order valence-corrected chi connectivity index (χ0v) is 27.5. The molecule has 1 N–H and O–H groups in total. The van der Waals surface area contributed by atoms with Gasteiger partial charge in [-0.3, -0.25) is 11.3 Å². The largest absolute Gasteiger partial charge is 0.497 e. The maximum atomic E-state index is 11.1. The van der Waals surface area contributed by atoms with Crippen LogP contribution in [0.4, 0.5) is 0 Å². The Morgan fingerprint density at radius 1 is 1.06 bits per heavy atom. The summed E-state index contributed by atoms with van der Waals surface area (Å²) in [6, 6.07) is 19.2. The van der Waals surface area contributed by atoms with Crippen molar-refractivity contribution in [2.24, 2.45) is 0 Å². The molecule has 3 rings (SSSR count). The summed E-state index contributed by atoms with van der Waals surface area (Å²) in [6.07, 6.45) is -0.743. The maximum absolute atomic E-state index is 11.1. The van der Waals surface area contributed by atoms with Gasteiger partial charge >= 0.3 is 0 Å². The van der Waals surface area contributed by atoms with Crippen LogP contribution < -0.4 is 4.74 Å². The molecule has 0 spiro atoms. The molecule has 0 fully saturated rings. The van der Waals surface area contributed by atoms with Gasteiger partial charge in [0.2, 0.25) is 0 Å². The fourth-order valence-electron chi connectivity index (χ4n) is 3.52. The molecule has 1 radical (unpaired) electrons. The van der Waals surface area contributed by atoms with E-state index in [4.69, 9.17) is 13.9 Å². The van der Waals surface area contributed by atoms with Gasteiger partial charge in [0, 0.05) is 38.8 Å². The van der Waals surface area contributed by atoms with E-state index >= 15 is 0 Å². The van der Waals surface area contributed by atoms with Crippen molar-refractivity contribution in [3.05, 3.63) is 86.6 Å². The number of aliphatic hydroxyl groups excluding tert-OH is 1. The molecule has 0 saturated carbocycles. The summed E-state index contributed by atoms with van der Waals surface area (Å²) < 4.78 is 17.7. The monoisotopic (exact) mass is 600 g/mol. The number of thiophene rings is 1. The summed E-state index contributed by atoms with van der Waals surface area (Å²) in [5.74, 6) is 0.834. The first kappa shape index (κ1) is 31.4. The molecule has 4 nitrogen and oxygen atoms in total. The van der Waals surface area contributed by atoms with E-state index in [-0.39, 0.29) is 43.9 Å². The normalized spacial score (nSPS) is 13.7. The molecule has 3 aromatic rings. The second-order valence-electron chi connectivity index (χ2n) is 10.6. The van der Waals surface area contributed by atoms with Gasteiger partial charge in [0.05, 0.1) is 26.4 Å². The molecule has 1 aromatic heterocycles. The molecule has 0 aliphatic carbocycles. The third kappa shape index (κ3) is 8.07. The van der Waals surface area contributed by atoms with Gasteiger partial charge < -0.3 is 19.0 Å². The minimum atomic E-state index is -1.88. The Morgan fingerprint density at radius 3 is 2.33 bits per heavy atom. The number of methoxy groups -OCH3 is 1. The molecule has 0 bridgehead atoms. The summed E-state index contributed by atoms with van der Waals surface area (Å²) in [4.78, 5) is 1.90. The average Bonchev–Trinajstić information content (AvgIpc) is 3.30. The third-order valence-electron chi connectivity index (χ3n) is 6.88. The number of hydrogen-bond donors (Lipinski definition) is 1. The van der Waals surface area contributed by atoms with Crippen LogP contribution in [-0.2, 0) is 55.1 Å². The van der Waals surface area contributed by atoms with Crippen LogP contribution in [0.3, 0.4) is 0 Å². The first-order valence-electron chi connectivity index (χ1n) is 12.1. The number of aliphatic hydroxyl groups is 1. The van der Waals surface area contributed by atoms with Crippen molar-refractivity contribution < 1.29 is 51.7 Å². The van der Waals surface area contributed by atoms with Gasteiger partial charge in [-0.2, -0.15) is 0 Å². The molecular weight excluding hydrogens is 561 g/mol. The van der Waals surface area contributed by atoms with E-state index in [1.807, 2.05) is 48.5 Å². The summed E-state index contributed by atoms with van der Waals surface area (Å²) >= 11 is 1.57. The number of aryl methyl sites for hydroxylation is 1. The average molecular weight is 601 g/mol. The Labute approximate surface area is 247 Å². The van der Waals surface area contributed by atoms with Crippen molar-refractivity contribution >= 4 is 19.7 Å². The molecule has 2 atom stereocenters. The smallest absolute Gasteiger partial charge is 0.192 e. The fourth-order valence-corrected chi connectivity index (χ4v) is 5.91. The zero-order chi connectivity index (χ0) is 25.8. The van der Waals surface area contributed by atoms with Gasteiger partial charge in [-0.05, 0) is 66.4 Å². The third-order valence-corrected chi connectivity index (χ3v) is 12.7. The van der Waals surface area contributed by atoms with Crippen molar-refractivity contribution in [1.29, 1.82) is 0 Å². The molecule has 36 heavy (non-hydrogen) atoms. The van der Waals surface area contributed by atoms with E-state index in [2.05, 4.69) is 53.8 Å². The predicted molar refractivity (Wildman–Crippen MR) is 147 cm³/mol. The van der Waals surface area contributed by atoms with Gasteiger partial charge in [-0.25, -0.2) is 12.1 Å². The topological polar surface area (TPSA) is 47.9 Å². The van der Waals surface area contributed by atoms with E-state index in [1.54, 1.807) is 18.4 Å². The summed E-state index contributed by atoms with van der Waals surface area (Å²) in [6.45, 7) is 16.4. The first-order chi connectivity index (χ1) is 16.4. The number of hydrogen-bond acceptors (Lipinski definition) is 5. The standard InChI is InChI=1S/C29H39O4SSi.Y/c1-20-9-12-23(17-24(20)19-32-18-22-10-13-25(31-6)14-11-22)28(30)27-16-15-26(34-27)21(2)33-35(7,8)29(3,4)5;/h9-14,16-17,21,28,30H,18-19H2,1-8H3;/q-1;. The minimum Gasteiger partial charge on any atom is -0.497 e. The van der Waals surface area contributed by atoms with Crippen LogP contribution in [0.15, 0.2) is 48.5 Å². The van der Waals surface area contributed by atoms with Crippen molar-refractivity contribution in [3.8, 4) is 5.75 Å². The first-order valence-corrected chi connectivity index (χ1v) is 15.8. The van der Waals surface area contributed by atoms with Crippen LogP contribution in [0.25, 0.3) is 0 Å². The van der Waals surface area contributed by atoms with Crippen LogP contribution in [-0.4, -0.2) is 20.5 Å². The van der Waals surface area contributed by atoms with Gasteiger partial charge in [0.15, 0.2) is 8.32 Å². The van der Waals surface area contributed by atoms with Gasteiger partial charge in [-0.15, -0.1) is 4.88 Å². The number of ether oxygens (including phenoxy) is 2. The van der Waals surface area contributed by atoms with Crippen molar-refractivity contribution in [3.63, 3.8) is 0 Å². The Bertz CT molecular complexity index is 1110. The van der Waals surface area contributed by atoms with Crippen molar-refractivity contribution in [2.75, 3.05) is 7.11 Å². The van der Waals surface area contributed by atoms with E-state index in [9.17, 15) is 5.11 Å². The van der Waals surface area contributed by atoms with Crippen molar-refractivity contribution in [1.82, 2.24) is 0 Å². The minimum absolute atomic E-state index is 0. The molecule has 2 unspecified atom stereocenters. The van der Waals surface area contributed by atoms with E-state index in [0.29, 0.717) is 13.2 Å². The fraction of sp³-hybridized carbons (Fsp3) is 0.448. The van der Waals surface area contributed by atoms with Crippen LogP contribution in [0.5, 0.6) is 5.75 Å². The van der Waals surface area contributed by atoms with Crippen LogP contribution >= 0.6 is 11.3 Å². The van der Waals surface area contributed by atoms with Crippen LogP contribution in [0.1, 0.15) is 71.9 Å². The number of rotatable bonds is 10. The van der Waals surface area contributed by atoms with Crippen LogP contribution in [0, 0.1) is 13.0 Å². The summed E-state index contributed by atoms with van der Waals surface area (Å²) in [5.41, 5.74) is 4.17. The Balaban J connectivity index is 0.00000456. The van der Waals surface area contributed by atoms with E-state index < -0.39 is 14.4 Å². The van der Waals surface area contributed by atoms with Crippen LogP contribution in [0.2, 0.25) is 18.1 Å². The molecule has 7 heteroatoms. The molecule has 0 saturated heterocycles. The molecular formula is C29H39O4SSiY-. The predicted octanol–water partition coefficient (Wildman–Crippen LogP) is 7.74. The molecule has 0 aliphatic heterocycles. The Hall–Kier alpha value is -0.859. The Morgan fingerprint density at radius 2 is 1.72 bits per heavy atom. The quantitative estimate of drug-likeness (QED) is 0.191. The zero-order valence-electron chi connectivity index (χ0n) is 22.8. The Kier molecular flexibility index (Phi) is 11.6. The molecule has 2 aromatic carbocycles. The second-order valence-corrected chi connectivity index (χ2v) is 16.5. The van der Waals surface area contributed by atoms with Gasteiger partial charge in [-0.1, -0.05) is 56.0 Å². The number of benzene rings is 2. The van der Waals surface area contributed by atoms with E-state index in [1.165, 1.54) is 0 Å². The summed E-state index contributed by atoms with van der Waals surface area (Å²) in [5, 5.41) is 11.3. The molecule has 1 heterocycles. The van der Waals surface area contributed by atoms with E-state index in [0.717, 1.165) is 37.8 Å².